The zero-order valence-corrected chi connectivity index (χ0v) is 17.6. The Morgan fingerprint density at radius 1 is 1.04 bits per heavy atom. The van der Waals surface area contributed by atoms with Crippen LogP contribution >= 0.6 is 15.9 Å². The second kappa shape index (κ2) is 7.82. The lowest BCUT2D eigenvalue weighted by Crippen LogP contribution is -2.15. The molecule has 0 aliphatic carbocycles. The van der Waals surface area contributed by atoms with Crippen molar-refractivity contribution < 1.29 is 27.2 Å². The monoisotopic (exact) mass is 468 g/mol. The first-order chi connectivity index (χ1) is 13.3. The van der Waals surface area contributed by atoms with Crippen molar-refractivity contribution in [3.05, 3.63) is 40.9 Å². The molecule has 0 amide bonds. The van der Waals surface area contributed by atoms with Crippen molar-refractivity contribution in [2.24, 2.45) is 5.14 Å². The SMILES string of the molecule is COc1cccc(Br)c1-c1cc(-c2ccc(OC)c(S(N)(=O)=O)c2OC)no1. The molecule has 0 atom stereocenters. The lowest BCUT2D eigenvalue weighted by molar-refractivity contribution is 0.374. The number of primary sulfonamides is 1. The number of nitrogens with zero attached hydrogens (tertiary/aromatic N) is 1. The van der Waals surface area contributed by atoms with E-state index in [-0.39, 0.29) is 16.4 Å². The molecule has 148 valence electrons. The van der Waals surface area contributed by atoms with Gasteiger partial charge in [-0.05, 0) is 40.2 Å². The summed E-state index contributed by atoms with van der Waals surface area (Å²) in [5.41, 5.74) is 1.41. The van der Waals surface area contributed by atoms with Gasteiger partial charge in [0.15, 0.2) is 16.4 Å². The van der Waals surface area contributed by atoms with Crippen LogP contribution in [0.2, 0.25) is 0 Å². The quantitative estimate of drug-likeness (QED) is 0.588. The first-order valence-electron chi connectivity index (χ1n) is 7.89. The maximum atomic E-state index is 12.1. The highest BCUT2D eigenvalue weighted by atomic mass is 79.9. The molecule has 10 heteroatoms. The molecule has 28 heavy (non-hydrogen) atoms. The van der Waals surface area contributed by atoms with Crippen LogP contribution in [0.3, 0.4) is 0 Å². The number of ether oxygens (including phenoxy) is 3. The molecule has 0 saturated heterocycles. The fourth-order valence-corrected chi connectivity index (χ4v) is 4.24. The molecule has 0 unspecified atom stereocenters. The van der Waals surface area contributed by atoms with Gasteiger partial charge in [0.1, 0.15) is 17.2 Å². The molecular weight excluding hydrogens is 452 g/mol. The minimum absolute atomic E-state index is 0.0146. The van der Waals surface area contributed by atoms with Gasteiger partial charge in [0.05, 0.1) is 26.9 Å². The Kier molecular flexibility index (Phi) is 5.64. The van der Waals surface area contributed by atoms with Crippen molar-refractivity contribution in [3.63, 3.8) is 0 Å². The summed E-state index contributed by atoms with van der Waals surface area (Å²) in [5, 5.41) is 9.41. The number of rotatable bonds is 6. The van der Waals surface area contributed by atoms with Gasteiger partial charge in [0.25, 0.3) is 0 Å². The summed E-state index contributed by atoms with van der Waals surface area (Å²) in [6, 6.07) is 10.2. The summed E-state index contributed by atoms with van der Waals surface area (Å²) in [5.74, 6) is 1.10. The van der Waals surface area contributed by atoms with Crippen LogP contribution < -0.4 is 19.3 Å². The number of hydrogen-bond acceptors (Lipinski definition) is 7. The summed E-state index contributed by atoms with van der Waals surface area (Å²) in [6.07, 6.45) is 0. The lowest BCUT2D eigenvalue weighted by atomic mass is 10.1. The average molecular weight is 469 g/mol. The van der Waals surface area contributed by atoms with E-state index in [2.05, 4.69) is 21.1 Å². The number of benzene rings is 2. The van der Waals surface area contributed by atoms with E-state index in [1.54, 1.807) is 25.3 Å². The smallest absolute Gasteiger partial charge is 0.245 e. The van der Waals surface area contributed by atoms with E-state index in [0.717, 1.165) is 4.47 Å². The molecular formula is C18H17BrN2O6S. The van der Waals surface area contributed by atoms with Gasteiger partial charge in [0, 0.05) is 16.1 Å². The van der Waals surface area contributed by atoms with Crippen LogP contribution in [-0.4, -0.2) is 34.9 Å². The zero-order chi connectivity index (χ0) is 20.5. The molecule has 2 aromatic carbocycles. The lowest BCUT2D eigenvalue weighted by Gasteiger charge is -2.14. The van der Waals surface area contributed by atoms with Crippen molar-refractivity contribution in [2.45, 2.75) is 4.90 Å². The first-order valence-corrected chi connectivity index (χ1v) is 10.2. The Labute approximate surface area is 170 Å². The fourth-order valence-electron chi connectivity index (χ4n) is 2.81. The Balaban J connectivity index is 2.20. The van der Waals surface area contributed by atoms with Gasteiger partial charge in [0.2, 0.25) is 10.0 Å². The van der Waals surface area contributed by atoms with E-state index < -0.39 is 10.0 Å². The number of sulfonamides is 1. The molecule has 2 N–H and O–H groups in total. The van der Waals surface area contributed by atoms with E-state index in [1.807, 2.05) is 12.1 Å². The standard InChI is InChI=1S/C18H17BrN2O6S/c1-24-13-6-4-5-11(19)16(13)15-9-12(21-27-15)10-7-8-14(25-2)18(17(10)26-3)28(20,22)23/h4-9H,1-3H3,(H2,20,22,23). The van der Waals surface area contributed by atoms with Crippen LogP contribution in [0, 0.1) is 0 Å². The third kappa shape index (κ3) is 3.58. The van der Waals surface area contributed by atoms with Crippen molar-refractivity contribution in [1.82, 2.24) is 5.16 Å². The average Bonchev–Trinajstić information content (AvgIpc) is 3.14. The largest absolute Gasteiger partial charge is 0.496 e. The number of methoxy groups -OCH3 is 3. The fraction of sp³-hybridized carbons (Fsp3) is 0.167. The summed E-state index contributed by atoms with van der Waals surface area (Å²) < 4.78 is 46.2. The van der Waals surface area contributed by atoms with E-state index in [0.29, 0.717) is 28.3 Å². The third-order valence-corrected chi connectivity index (χ3v) is 5.63. The summed E-state index contributed by atoms with van der Waals surface area (Å²) in [6.45, 7) is 0. The molecule has 0 aliphatic heterocycles. The van der Waals surface area contributed by atoms with Crippen LogP contribution in [0.15, 0.2) is 50.3 Å². The number of halogens is 1. The van der Waals surface area contributed by atoms with Crippen LogP contribution in [0.5, 0.6) is 17.2 Å². The highest BCUT2D eigenvalue weighted by Crippen LogP contribution is 2.43. The number of nitrogens with two attached hydrogens (primary N) is 1. The Hall–Kier alpha value is -2.56. The molecule has 3 rings (SSSR count). The van der Waals surface area contributed by atoms with Crippen molar-refractivity contribution in [2.75, 3.05) is 21.3 Å². The van der Waals surface area contributed by atoms with Gasteiger partial charge in [-0.2, -0.15) is 0 Å². The van der Waals surface area contributed by atoms with E-state index in [4.69, 9.17) is 23.9 Å². The molecule has 0 spiro atoms. The third-order valence-electron chi connectivity index (χ3n) is 4.01. The molecule has 0 radical (unpaired) electrons. The predicted molar refractivity (Wildman–Crippen MR) is 106 cm³/mol. The molecule has 1 heterocycles. The van der Waals surface area contributed by atoms with E-state index in [9.17, 15) is 8.42 Å². The molecule has 0 fully saturated rings. The second-order valence-corrected chi connectivity index (χ2v) is 7.97. The summed E-state index contributed by atoms with van der Waals surface area (Å²) in [4.78, 5) is -0.266. The van der Waals surface area contributed by atoms with Gasteiger partial charge in [-0.3, -0.25) is 0 Å². The highest BCUT2D eigenvalue weighted by molar-refractivity contribution is 9.10. The normalized spacial score (nSPS) is 11.3. The highest BCUT2D eigenvalue weighted by Gasteiger charge is 2.26. The van der Waals surface area contributed by atoms with Crippen LogP contribution in [0.4, 0.5) is 0 Å². The minimum Gasteiger partial charge on any atom is -0.496 e. The van der Waals surface area contributed by atoms with Crippen molar-refractivity contribution >= 4 is 26.0 Å². The van der Waals surface area contributed by atoms with Gasteiger partial charge in [-0.15, -0.1) is 0 Å². The Morgan fingerprint density at radius 3 is 2.36 bits per heavy atom. The number of aromatic nitrogens is 1. The minimum atomic E-state index is -4.12. The maximum absolute atomic E-state index is 12.1. The molecule has 0 aliphatic rings. The van der Waals surface area contributed by atoms with Crippen molar-refractivity contribution in [3.8, 4) is 39.8 Å². The van der Waals surface area contributed by atoms with Gasteiger partial charge >= 0.3 is 0 Å². The number of hydrogen-bond donors (Lipinski definition) is 1. The van der Waals surface area contributed by atoms with E-state index >= 15 is 0 Å². The Morgan fingerprint density at radius 2 is 1.75 bits per heavy atom. The van der Waals surface area contributed by atoms with Crippen LogP contribution in [0.1, 0.15) is 0 Å². The first kappa shape index (κ1) is 20.2. The van der Waals surface area contributed by atoms with Crippen LogP contribution in [-0.2, 0) is 10.0 Å². The van der Waals surface area contributed by atoms with Gasteiger partial charge in [-0.25, -0.2) is 13.6 Å². The molecule has 0 saturated carbocycles. The maximum Gasteiger partial charge on any atom is 0.245 e. The predicted octanol–water partition coefficient (Wildman–Crippen LogP) is 3.44. The van der Waals surface area contributed by atoms with Crippen LogP contribution in [0.25, 0.3) is 22.6 Å². The molecule has 0 bridgehead atoms. The van der Waals surface area contributed by atoms with Gasteiger partial charge < -0.3 is 18.7 Å². The topological polar surface area (TPSA) is 114 Å². The zero-order valence-electron chi connectivity index (χ0n) is 15.2. The van der Waals surface area contributed by atoms with Crippen molar-refractivity contribution in [1.29, 1.82) is 0 Å². The molecule has 3 aromatic rings. The second-order valence-electron chi connectivity index (χ2n) is 5.62. The Bertz CT molecular complexity index is 1130. The summed E-state index contributed by atoms with van der Waals surface area (Å²) in [7, 11) is 0.113. The molecule has 8 nitrogen and oxygen atoms in total. The van der Waals surface area contributed by atoms with E-state index in [1.165, 1.54) is 20.3 Å². The summed E-state index contributed by atoms with van der Waals surface area (Å²) >= 11 is 3.47. The van der Waals surface area contributed by atoms with Gasteiger partial charge in [-0.1, -0.05) is 11.2 Å². The molecule has 1 aromatic heterocycles.